The van der Waals surface area contributed by atoms with E-state index in [1.165, 1.54) is 51.4 Å². The Morgan fingerprint density at radius 1 is 0.811 bits per heavy atom. The molecule has 1 N–H and O–H groups in total. The number of likely N-dealkylation sites (N-methyl/N-ethyl adjacent to an activating group) is 1. The third-order valence-corrected chi connectivity index (χ3v) is 6.81. The van der Waals surface area contributed by atoms with E-state index in [1.807, 2.05) is 21.1 Å². The van der Waals surface area contributed by atoms with Crippen molar-refractivity contribution in [1.82, 2.24) is 0 Å². The summed E-state index contributed by atoms with van der Waals surface area (Å²) >= 11 is 0. The highest BCUT2D eigenvalue weighted by Crippen LogP contribution is 2.43. The number of unbranched alkanes of at least 4 members (excludes halogenated alkanes) is 10. The number of phosphoric ester groups is 1. The lowest BCUT2D eigenvalue weighted by atomic mass is 10.1. The lowest BCUT2D eigenvalue weighted by molar-refractivity contribution is -0.870. The molecule has 0 saturated heterocycles. The summed E-state index contributed by atoms with van der Waals surface area (Å²) in [5, 5.41) is 0. The van der Waals surface area contributed by atoms with Crippen LogP contribution in [0.3, 0.4) is 0 Å². The van der Waals surface area contributed by atoms with E-state index >= 15 is 0 Å². The minimum atomic E-state index is -4.24. The van der Waals surface area contributed by atoms with Crippen molar-refractivity contribution in [3.63, 3.8) is 0 Å². The molecule has 0 aliphatic carbocycles. The topological polar surface area (TPSA) is 91.3 Å². The quantitative estimate of drug-likeness (QED) is 0.0416. The molecule has 0 rings (SSSR count). The lowest BCUT2D eigenvalue weighted by Crippen LogP contribution is -2.37. The van der Waals surface area contributed by atoms with Crippen LogP contribution in [0.2, 0.25) is 0 Å². The summed E-state index contributed by atoms with van der Waals surface area (Å²) in [5.74, 6) is -0.343. The van der Waals surface area contributed by atoms with Crippen molar-refractivity contribution in [2.24, 2.45) is 0 Å². The van der Waals surface area contributed by atoms with Crippen LogP contribution in [-0.4, -0.2) is 75.6 Å². The maximum Gasteiger partial charge on any atom is 0.472 e. The number of esters is 1. The van der Waals surface area contributed by atoms with Gasteiger partial charge in [-0.25, -0.2) is 4.57 Å². The van der Waals surface area contributed by atoms with Crippen LogP contribution in [0.4, 0.5) is 0 Å². The van der Waals surface area contributed by atoms with Gasteiger partial charge in [-0.2, -0.15) is 0 Å². The van der Waals surface area contributed by atoms with E-state index in [9.17, 15) is 14.3 Å². The minimum absolute atomic E-state index is 0.0882. The Balaban J connectivity index is 4.22. The van der Waals surface area contributed by atoms with Crippen molar-refractivity contribution in [1.29, 1.82) is 0 Å². The molecule has 8 nitrogen and oxygen atoms in total. The highest BCUT2D eigenvalue weighted by molar-refractivity contribution is 7.47. The Bertz CT molecular complexity index is 622. The smallest absolute Gasteiger partial charge is 0.457 e. The molecule has 37 heavy (non-hydrogen) atoms. The number of quaternary nitrogens is 1. The van der Waals surface area contributed by atoms with E-state index < -0.39 is 13.9 Å². The highest BCUT2D eigenvalue weighted by atomic mass is 31.2. The summed E-state index contributed by atoms with van der Waals surface area (Å²) in [6.07, 6.45) is 18.8. The zero-order valence-corrected chi connectivity index (χ0v) is 25.4. The predicted octanol–water partition coefficient (Wildman–Crippen LogP) is 6.81. The second kappa shape index (κ2) is 23.2. The molecule has 0 aromatic heterocycles. The molecule has 220 valence electrons. The SMILES string of the molecule is CCCC/C=C\CCCCCCCCOCC(COP(=O)(O)OCC[N+](C)(C)C)OC(=O)CCCCC. The van der Waals surface area contributed by atoms with E-state index in [-0.39, 0.29) is 25.8 Å². The molecule has 2 atom stereocenters. The van der Waals surface area contributed by atoms with Crippen LogP contribution >= 0.6 is 7.82 Å². The van der Waals surface area contributed by atoms with Crippen LogP contribution in [0.15, 0.2) is 12.2 Å². The third-order valence-electron chi connectivity index (χ3n) is 5.83. The average Bonchev–Trinajstić information content (AvgIpc) is 2.81. The Hall–Kier alpha value is -0.760. The van der Waals surface area contributed by atoms with E-state index in [4.69, 9.17) is 18.5 Å². The highest BCUT2D eigenvalue weighted by Gasteiger charge is 2.26. The zero-order valence-electron chi connectivity index (χ0n) is 24.5. The molecule has 0 saturated carbocycles. The molecule has 0 aromatic carbocycles. The number of hydrogen-bond acceptors (Lipinski definition) is 6. The van der Waals surface area contributed by atoms with Crippen LogP contribution in [0.25, 0.3) is 0 Å². The number of hydrogen-bond donors (Lipinski definition) is 1. The number of ether oxygens (including phenoxy) is 2. The fourth-order valence-corrected chi connectivity index (χ4v) is 4.21. The number of rotatable bonds is 26. The molecule has 0 aliphatic rings. The number of phosphoric acid groups is 1. The van der Waals surface area contributed by atoms with Crippen LogP contribution in [-0.2, 0) is 27.9 Å². The second-order valence-corrected chi connectivity index (χ2v) is 12.2. The molecule has 0 aromatic rings. The fraction of sp³-hybridized carbons (Fsp3) is 0.893. The number of carbonyl (C=O) groups excluding carboxylic acids is 1. The molecule has 0 bridgehead atoms. The van der Waals surface area contributed by atoms with Crippen molar-refractivity contribution in [3.8, 4) is 0 Å². The van der Waals surface area contributed by atoms with Crippen LogP contribution in [0.1, 0.15) is 104 Å². The van der Waals surface area contributed by atoms with Gasteiger partial charge in [-0.1, -0.05) is 77.4 Å². The lowest BCUT2D eigenvalue weighted by Gasteiger charge is -2.24. The van der Waals surface area contributed by atoms with Gasteiger partial charge >= 0.3 is 13.8 Å². The molecule has 0 spiro atoms. The number of allylic oxidation sites excluding steroid dienone is 2. The Morgan fingerprint density at radius 3 is 2.08 bits per heavy atom. The summed E-state index contributed by atoms with van der Waals surface area (Å²) in [7, 11) is 1.66. The van der Waals surface area contributed by atoms with E-state index in [2.05, 4.69) is 26.0 Å². The van der Waals surface area contributed by atoms with E-state index in [1.54, 1.807) is 0 Å². The average molecular weight is 551 g/mol. The van der Waals surface area contributed by atoms with Gasteiger partial charge in [-0.3, -0.25) is 13.8 Å². The Kier molecular flexibility index (Phi) is 22.7. The molecule has 0 radical (unpaired) electrons. The van der Waals surface area contributed by atoms with Gasteiger partial charge < -0.3 is 18.9 Å². The van der Waals surface area contributed by atoms with Crippen molar-refractivity contribution in [3.05, 3.63) is 12.2 Å². The van der Waals surface area contributed by atoms with Gasteiger partial charge in [0.1, 0.15) is 19.3 Å². The monoisotopic (exact) mass is 550 g/mol. The molecular weight excluding hydrogens is 493 g/mol. The molecule has 0 fully saturated rings. The summed E-state index contributed by atoms with van der Waals surface area (Å²) < 4.78 is 34.2. The van der Waals surface area contributed by atoms with Crippen molar-refractivity contribution in [2.45, 2.75) is 110 Å². The van der Waals surface area contributed by atoms with Crippen molar-refractivity contribution in [2.75, 3.05) is 54.1 Å². The maximum atomic E-state index is 12.2. The molecule has 9 heteroatoms. The predicted molar refractivity (Wildman–Crippen MR) is 150 cm³/mol. The number of carbonyl (C=O) groups is 1. The molecule has 0 amide bonds. The summed E-state index contributed by atoms with van der Waals surface area (Å²) in [6.45, 7) is 5.37. The molecule has 2 unspecified atom stereocenters. The minimum Gasteiger partial charge on any atom is -0.457 e. The van der Waals surface area contributed by atoms with Crippen LogP contribution in [0.5, 0.6) is 0 Å². The van der Waals surface area contributed by atoms with Gasteiger partial charge in [-0.05, 0) is 32.1 Å². The first-order valence-corrected chi connectivity index (χ1v) is 15.9. The third kappa shape index (κ3) is 26.6. The van der Waals surface area contributed by atoms with Gasteiger partial charge in [0.25, 0.3) is 0 Å². The first kappa shape index (κ1) is 36.2. The summed E-state index contributed by atoms with van der Waals surface area (Å²) in [4.78, 5) is 22.2. The van der Waals surface area contributed by atoms with Crippen molar-refractivity contribution >= 4 is 13.8 Å². The van der Waals surface area contributed by atoms with Gasteiger partial charge in [0.2, 0.25) is 0 Å². The first-order chi connectivity index (χ1) is 17.6. The molecular formula is C28H57NO7P+. The normalized spacial score (nSPS) is 14.6. The zero-order chi connectivity index (χ0) is 27.8. The standard InChI is InChI=1S/C28H56NO7P/c1-6-8-10-11-12-13-14-15-16-17-18-20-23-33-25-27(36-28(30)21-19-9-7-2)26-35-37(31,32)34-24-22-29(3,4)5/h11-12,27H,6-10,13-26H2,1-5H3/p+1/b12-11-. The Labute approximate surface area is 227 Å². The van der Waals surface area contributed by atoms with Crippen LogP contribution < -0.4 is 0 Å². The van der Waals surface area contributed by atoms with E-state index in [0.717, 1.165) is 32.1 Å². The largest absolute Gasteiger partial charge is 0.472 e. The number of nitrogens with zero attached hydrogens (tertiary/aromatic N) is 1. The van der Waals surface area contributed by atoms with E-state index in [0.29, 0.717) is 24.1 Å². The summed E-state index contributed by atoms with van der Waals surface area (Å²) in [5.41, 5.74) is 0. The fourth-order valence-electron chi connectivity index (χ4n) is 3.47. The molecule has 0 heterocycles. The van der Waals surface area contributed by atoms with Gasteiger partial charge in [0, 0.05) is 13.0 Å². The molecule has 0 aliphatic heterocycles. The van der Waals surface area contributed by atoms with Crippen LogP contribution in [0, 0.1) is 0 Å². The van der Waals surface area contributed by atoms with Crippen molar-refractivity contribution < 1.29 is 37.3 Å². The van der Waals surface area contributed by atoms with Gasteiger partial charge in [0.05, 0.1) is 34.4 Å². The maximum absolute atomic E-state index is 12.2. The van der Waals surface area contributed by atoms with Gasteiger partial charge in [-0.15, -0.1) is 0 Å². The van der Waals surface area contributed by atoms with Gasteiger partial charge in [0.15, 0.2) is 0 Å². The second-order valence-electron chi connectivity index (χ2n) is 10.8. The first-order valence-electron chi connectivity index (χ1n) is 14.4. The Morgan fingerprint density at radius 2 is 1.43 bits per heavy atom. The summed E-state index contributed by atoms with van der Waals surface area (Å²) in [6, 6.07) is 0.